The summed E-state index contributed by atoms with van der Waals surface area (Å²) in [5.74, 6) is 0. The van der Waals surface area contributed by atoms with E-state index in [4.69, 9.17) is 0 Å². The van der Waals surface area contributed by atoms with Gasteiger partial charge in [0.2, 0.25) is 0 Å². The van der Waals surface area contributed by atoms with E-state index in [1.807, 2.05) is 13.8 Å². The van der Waals surface area contributed by atoms with E-state index in [0.717, 1.165) is 11.1 Å². The van der Waals surface area contributed by atoms with E-state index in [1.54, 1.807) is 13.8 Å². The first kappa shape index (κ1) is 17.6. The van der Waals surface area contributed by atoms with Crippen molar-refractivity contribution in [2.75, 3.05) is 0 Å². The first-order valence-electron chi connectivity index (χ1n) is 6.00. The van der Waals surface area contributed by atoms with Crippen molar-refractivity contribution in [3.63, 3.8) is 0 Å². The lowest BCUT2D eigenvalue weighted by Crippen LogP contribution is -2.07. The molecule has 0 radical (unpaired) electrons. The number of benzene rings is 1. The summed E-state index contributed by atoms with van der Waals surface area (Å²) in [4.78, 5) is 36.7. The molecular weight excluding hydrogens is 302 g/mol. The second-order valence-corrected chi connectivity index (χ2v) is 8.39. The SMILES string of the molecule is Cc1c(C)c(C)c(CP(=O)(O)O)c(CP(=O)(O)O)c1C. The number of hydrogen-bond donors (Lipinski definition) is 4. The molecule has 0 bridgehead atoms. The zero-order valence-corrected chi connectivity index (χ0v) is 13.7. The summed E-state index contributed by atoms with van der Waals surface area (Å²) in [6.07, 6.45) is -1.01. The highest BCUT2D eigenvalue weighted by atomic mass is 31.2. The lowest BCUT2D eigenvalue weighted by Gasteiger charge is -2.21. The summed E-state index contributed by atoms with van der Waals surface area (Å²) in [5.41, 5.74) is 3.84. The van der Waals surface area contributed by atoms with Crippen molar-refractivity contribution in [2.24, 2.45) is 0 Å². The molecule has 4 N–H and O–H groups in total. The number of hydrogen-bond acceptors (Lipinski definition) is 2. The van der Waals surface area contributed by atoms with E-state index in [-0.39, 0.29) is 0 Å². The van der Waals surface area contributed by atoms with Crippen LogP contribution in [-0.4, -0.2) is 19.6 Å². The van der Waals surface area contributed by atoms with Gasteiger partial charge in [-0.15, -0.1) is 0 Å². The molecule has 0 aliphatic carbocycles. The zero-order valence-electron chi connectivity index (χ0n) is 11.9. The first-order valence-corrected chi connectivity index (χ1v) is 9.60. The average molecular weight is 322 g/mol. The highest BCUT2D eigenvalue weighted by molar-refractivity contribution is 7.51. The highest BCUT2D eigenvalue weighted by Crippen LogP contribution is 2.47. The summed E-state index contributed by atoms with van der Waals surface area (Å²) < 4.78 is 22.6. The third-order valence-corrected chi connectivity index (χ3v) is 5.14. The Morgan fingerprint density at radius 3 is 1.10 bits per heavy atom. The molecule has 8 heteroatoms. The minimum atomic E-state index is -4.31. The van der Waals surface area contributed by atoms with Crippen LogP contribution in [0.5, 0.6) is 0 Å². The van der Waals surface area contributed by atoms with E-state index >= 15 is 0 Å². The molecule has 0 amide bonds. The van der Waals surface area contributed by atoms with Crippen LogP contribution in [0.3, 0.4) is 0 Å². The molecule has 0 aliphatic rings. The molecule has 114 valence electrons. The maximum atomic E-state index is 11.3. The van der Waals surface area contributed by atoms with Crippen LogP contribution >= 0.6 is 15.2 Å². The smallest absolute Gasteiger partial charge is 0.324 e. The number of rotatable bonds is 4. The average Bonchev–Trinajstić information content (AvgIpc) is 2.25. The van der Waals surface area contributed by atoms with E-state index in [9.17, 15) is 28.7 Å². The second-order valence-electron chi connectivity index (χ2n) is 5.10. The van der Waals surface area contributed by atoms with E-state index < -0.39 is 27.5 Å². The van der Waals surface area contributed by atoms with Gasteiger partial charge in [0.25, 0.3) is 0 Å². The molecule has 0 aliphatic heterocycles. The topological polar surface area (TPSA) is 115 Å². The Labute approximate surface area is 118 Å². The minimum Gasteiger partial charge on any atom is -0.324 e. The standard InChI is InChI=1S/C12H20O6P2/c1-7-8(2)10(4)12(6-20(16,17)18)11(9(7)3)5-19(13,14)15/h5-6H2,1-4H3,(H2,13,14,15)(H2,16,17,18). The van der Waals surface area contributed by atoms with Gasteiger partial charge in [-0.25, -0.2) is 0 Å². The van der Waals surface area contributed by atoms with Crippen molar-refractivity contribution in [1.29, 1.82) is 0 Å². The molecule has 0 spiro atoms. The van der Waals surface area contributed by atoms with E-state index in [1.165, 1.54) is 0 Å². The summed E-state index contributed by atoms with van der Waals surface area (Å²) in [6.45, 7) is 7.11. The molecule has 1 aromatic carbocycles. The van der Waals surface area contributed by atoms with Crippen LogP contribution in [0.4, 0.5) is 0 Å². The lowest BCUT2D eigenvalue weighted by molar-refractivity contribution is 0.367. The Balaban J connectivity index is 3.61. The third-order valence-electron chi connectivity index (χ3n) is 3.69. The monoisotopic (exact) mass is 322 g/mol. The zero-order chi connectivity index (χ0) is 15.9. The molecule has 0 saturated heterocycles. The molecule has 6 nitrogen and oxygen atoms in total. The maximum absolute atomic E-state index is 11.3. The van der Waals surface area contributed by atoms with Crippen LogP contribution in [0.2, 0.25) is 0 Å². The summed E-state index contributed by atoms with van der Waals surface area (Å²) in [6, 6.07) is 0. The molecule has 0 unspecified atom stereocenters. The van der Waals surface area contributed by atoms with Crippen molar-refractivity contribution in [3.05, 3.63) is 33.4 Å². The largest absolute Gasteiger partial charge is 0.329 e. The predicted molar refractivity (Wildman–Crippen MR) is 76.9 cm³/mol. The first-order chi connectivity index (χ1) is 8.83. The maximum Gasteiger partial charge on any atom is 0.329 e. The van der Waals surface area contributed by atoms with Crippen LogP contribution < -0.4 is 0 Å². The van der Waals surface area contributed by atoms with Gasteiger partial charge in [0.05, 0.1) is 12.3 Å². The summed E-state index contributed by atoms with van der Waals surface area (Å²) >= 11 is 0. The molecule has 0 aromatic heterocycles. The Bertz CT molecular complexity index is 571. The fraction of sp³-hybridized carbons (Fsp3) is 0.500. The fourth-order valence-electron chi connectivity index (χ4n) is 2.31. The van der Waals surface area contributed by atoms with E-state index in [0.29, 0.717) is 22.3 Å². The molecule has 1 aromatic rings. The van der Waals surface area contributed by atoms with Crippen LogP contribution in [-0.2, 0) is 21.5 Å². The summed E-state index contributed by atoms with van der Waals surface area (Å²) in [5, 5.41) is 0. The minimum absolute atomic E-state index is 0.349. The Morgan fingerprint density at radius 2 is 0.900 bits per heavy atom. The van der Waals surface area contributed by atoms with Crippen molar-refractivity contribution < 1.29 is 28.7 Å². The van der Waals surface area contributed by atoms with Gasteiger partial charge in [0.15, 0.2) is 0 Å². The van der Waals surface area contributed by atoms with Gasteiger partial charge in [-0.1, -0.05) is 0 Å². The van der Waals surface area contributed by atoms with Crippen molar-refractivity contribution in [1.82, 2.24) is 0 Å². The van der Waals surface area contributed by atoms with Crippen molar-refractivity contribution >= 4 is 15.2 Å². The van der Waals surface area contributed by atoms with Gasteiger partial charge in [-0.05, 0) is 61.1 Å². The lowest BCUT2D eigenvalue weighted by atomic mass is 9.90. The van der Waals surface area contributed by atoms with Gasteiger partial charge in [-0.2, -0.15) is 0 Å². The van der Waals surface area contributed by atoms with Gasteiger partial charge < -0.3 is 19.6 Å². The second kappa shape index (κ2) is 5.72. The molecular formula is C12H20O6P2. The van der Waals surface area contributed by atoms with Crippen LogP contribution in [0.15, 0.2) is 0 Å². The Kier molecular flexibility index (Phi) is 5.03. The molecule has 1 rings (SSSR count). The van der Waals surface area contributed by atoms with E-state index in [2.05, 4.69) is 0 Å². The van der Waals surface area contributed by atoms with Gasteiger partial charge in [0.1, 0.15) is 0 Å². The molecule has 0 saturated carbocycles. The molecule has 0 fully saturated rings. The van der Waals surface area contributed by atoms with Crippen molar-refractivity contribution in [2.45, 2.75) is 40.0 Å². The van der Waals surface area contributed by atoms with Crippen LogP contribution in [0, 0.1) is 27.7 Å². The molecule has 0 heterocycles. The highest BCUT2D eigenvalue weighted by Gasteiger charge is 2.26. The normalized spacial score (nSPS) is 12.8. The predicted octanol–water partition coefficient (Wildman–Crippen LogP) is 2.28. The van der Waals surface area contributed by atoms with Gasteiger partial charge in [-0.3, -0.25) is 9.13 Å². The van der Waals surface area contributed by atoms with Gasteiger partial charge in [0, 0.05) is 0 Å². The molecule has 0 atom stereocenters. The van der Waals surface area contributed by atoms with Crippen LogP contribution in [0.1, 0.15) is 33.4 Å². The van der Waals surface area contributed by atoms with Crippen molar-refractivity contribution in [3.8, 4) is 0 Å². The van der Waals surface area contributed by atoms with Crippen LogP contribution in [0.25, 0.3) is 0 Å². The van der Waals surface area contributed by atoms with Gasteiger partial charge >= 0.3 is 15.2 Å². The Hall–Kier alpha value is -0.480. The quantitative estimate of drug-likeness (QED) is 0.632. The summed E-state index contributed by atoms with van der Waals surface area (Å²) in [7, 11) is -8.63. The Morgan fingerprint density at radius 1 is 0.650 bits per heavy atom. The third kappa shape index (κ3) is 4.26. The molecule has 20 heavy (non-hydrogen) atoms. The fourth-order valence-corrected chi connectivity index (χ4v) is 3.99.